The summed E-state index contributed by atoms with van der Waals surface area (Å²) in [6.07, 6.45) is 1.23. The van der Waals surface area contributed by atoms with E-state index in [1.807, 2.05) is 45.0 Å². The lowest BCUT2D eigenvalue weighted by Gasteiger charge is -2.35. The maximum Gasteiger partial charge on any atom is 0.410 e. The Bertz CT molecular complexity index is 841. The number of carbonyl (C=O) groups is 2. The van der Waals surface area contributed by atoms with E-state index in [1.165, 1.54) is 6.20 Å². The number of amides is 2. The Balaban J connectivity index is 1.42. The summed E-state index contributed by atoms with van der Waals surface area (Å²) in [5, 5.41) is 2.89. The smallest absolute Gasteiger partial charge is 0.410 e. The minimum atomic E-state index is -0.482. The second-order valence-corrected chi connectivity index (χ2v) is 7.81. The molecule has 0 saturated carbocycles. The number of benzene rings is 1. The van der Waals surface area contributed by atoms with Crippen LogP contribution in [0.25, 0.3) is 11.0 Å². The molecule has 0 radical (unpaired) electrons. The number of nitrogens with zero attached hydrogens (tertiary/aromatic N) is 4. The van der Waals surface area contributed by atoms with Crippen LogP contribution in [-0.2, 0) is 4.74 Å². The fraction of sp³-hybridized carbons (Fsp3) is 0.500. The van der Waals surface area contributed by atoms with Crippen LogP contribution < -0.4 is 5.32 Å². The standard InChI is InChI=1S/C20H27N5O3/c1-20(2,3)28-19(27)25-12-10-24(11-13-25)9-8-21-18(26)17-14-22-15-6-4-5-7-16(15)23-17/h4-7,14H,8-13H2,1-3H3,(H,21,26). The molecule has 3 rings (SSSR count). The molecule has 2 aromatic rings. The van der Waals surface area contributed by atoms with E-state index < -0.39 is 5.60 Å². The Morgan fingerprint density at radius 3 is 2.46 bits per heavy atom. The summed E-state index contributed by atoms with van der Waals surface area (Å²) < 4.78 is 5.40. The molecule has 1 fully saturated rings. The number of fused-ring (bicyclic) bond motifs is 1. The highest BCUT2D eigenvalue weighted by Gasteiger charge is 2.25. The van der Waals surface area contributed by atoms with Gasteiger partial charge in [-0.05, 0) is 32.9 Å². The SMILES string of the molecule is CC(C)(C)OC(=O)N1CCN(CCNC(=O)c2cnc3ccccc3n2)CC1. The lowest BCUT2D eigenvalue weighted by Crippen LogP contribution is -2.51. The third-order valence-corrected chi connectivity index (χ3v) is 4.42. The maximum absolute atomic E-state index is 12.3. The molecular formula is C20H27N5O3. The van der Waals surface area contributed by atoms with Gasteiger partial charge < -0.3 is 15.0 Å². The highest BCUT2D eigenvalue weighted by atomic mass is 16.6. The first-order valence-electron chi connectivity index (χ1n) is 9.52. The van der Waals surface area contributed by atoms with Gasteiger partial charge in [0.15, 0.2) is 0 Å². The summed E-state index contributed by atoms with van der Waals surface area (Å²) in [6.45, 7) is 9.58. The van der Waals surface area contributed by atoms with E-state index in [-0.39, 0.29) is 12.0 Å². The lowest BCUT2D eigenvalue weighted by atomic mass is 10.2. The number of rotatable bonds is 4. The van der Waals surface area contributed by atoms with Crippen molar-refractivity contribution in [1.29, 1.82) is 0 Å². The number of aromatic nitrogens is 2. The van der Waals surface area contributed by atoms with Crippen molar-refractivity contribution in [3.63, 3.8) is 0 Å². The fourth-order valence-corrected chi connectivity index (χ4v) is 2.97. The molecule has 1 aliphatic heterocycles. The van der Waals surface area contributed by atoms with Crippen LogP contribution >= 0.6 is 0 Å². The summed E-state index contributed by atoms with van der Waals surface area (Å²) >= 11 is 0. The van der Waals surface area contributed by atoms with E-state index in [1.54, 1.807) is 4.90 Å². The van der Waals surface area contributed by atoms with Gasteiger partial charge in [0.25, 0.3) is 5.91 Å². The molecule has 0 atom stereocenters. The van der Waals surface area contributed by atoms with Gasteiger partial charge in [-0.1, -0.05) is 12.1 Å². The minimum Gasteiger partial charge on any atom is -0.444 e. The molecule has 2 amide bonds. The number of nitrogens with one attached hydrogen (secondary N) is 1. The van der Waals surface area contributed by atoms with Gasteiger partial charge in [0.05, 0.1) is 17.2 Å². The molecule has 0 aliphatic carbocycles. The van der Waals surface area contributed by atoms with Crippen LogP contribution in [-0.4, -0.2) is 76.6 Å². The number of hydrogen-bond acceptors (Lipinski definition) is 6. The predicted octanol–water partition coefficient (Wildman–Crippen LogP) is 1.91. The second-order valence-electron chi connectivity index (χ2n) is 7.81. The van der Waals surface area contributed by atoms with Gasteiger partial charge in [0.1, 0.15) is 11.3 Å². The highest BCUT2D eigenvalue weighted by molar-refractivity contribution is 5.93. The van der Waals surface area contributed by atoms with E-state index in [2.05, 4.69) is 20.2 Å². The number of para-hydroxylation sites is 2. The van der Waals surface area contributed by atoms with E-state index in [0.717, 1.165) is 25.2 Å². The van der Waals surface area contributed by atoms with Gasteiger partial charge in [-0.2, -0.15) is 0 Å². The first-order valence-corrected chi connectivity index (χ1v) is 9.52. The van der Waals surface area contributed by atoms with Crippen molar-refractivity contribution in [3.8, 4) is 0 Å². The topological polar surface area (TPSA) is 87.7 Å². The average Bonchev–Trinajstić information content (AvgIpc) is 2.66. The number of piperazine rings is 1. The molecule has 1 N–H and O–H groups in total. The first-order chi connectivity index (χ1) is 13.3. The van der Waals surface area contributed by atoms with E-state index in [0.29, 0.717) is 30.8 Å². The van der Waals surface area contributed by atoms with Gasteiger partial charge in [0, 0.05) is 39.3 Å². The van der Waals surface area contributed by atoms with Crippen LogP contribution in [0.5, 0.6) is 0 Å². The number of hydrogen-bond donors (Lipinski definition) is 1. The Kier molecular flexibility index (Phi) is 6.08. The zero-order chi connectivity index (χ0) is 20.1. The minimum absolute atomic E-state index is 0.231. The molecule has 1 aromatic carbocycles. The van der Waals surface area contributed by atoms with E-state index >= 15 is 0 Å². The summed E-state index contributed by atoms with van der Waals surface area (Å²) in [5.41, 5.74) is 1.30. The van der Waals surface area contributed by atoms with Gasteiger partial charge in [-0.25, -0.2) is 9.78 Å². The Labute approximate surface area is 164 Å². The molecule has 0 spiro atoms. The van der Waals surface area contributed by atoms with Crippen molar-refractivity contribution in [2.24, 2.45) is 0 Å². The van der Waals surface area contributed by atoms with Crippen LogP contribution in [0.15, 0.2) is 30.5 Å². The lowest BCUT2D eigenvalue weighted by molar-refractivity contribution is 0.0147. The van der Waals surface area contributed by atoms with Crippen LogP contribution in [0, 0.1) is 0 Å². The van der Waals surface area contributed by atoms with Crippen molar-refractivity contribution in [1.82, 2.24) is 25.1 Å². The molecule has 1 aromatic heterocycles. The molecule has 1 aliphatic rings. The largest absolute Gasteiger partial charge is 0.444 e. The van der Waals surface area contributed by atoms with Crippen LogP contribution in [0.4, 0.5) is 4.79 Å². The van der Waals surface area contributed by atoms with E-state index in [4.69, 9.17) is 4.74 Å². The van der Waals surface area contributed by atoms with Crippen molar-refractivity contribution >= 4 is 23.0 Å². The summed E-state index contributed by atoms with van der Waals surface area (Å²) in [5.74, 6) is -0.231. The third-order valence-electron chi connectivity index (χ3n) is 4.42. The normalized spacial score (nSPS) is 15.5. The highest BCUT2D eigenvalue weighted by Crippen LogP contribution is 2.12. The van der Waals surface area contributed by atoms with Gasteiger partial charge >= 0.3 is 6.09 Å². The third kappa shape index (κ3) is 5.39. The monoisotopic (exact) mass is 385 g/mol. The quantitative estimate of drug-likeness (QED) is 0.865. The Hall–Kier alpha value is -2.74. The van der Waals surface area contributed by atoms with Crippen molar-refractivity contribution in [2.75, 3.05) is 39.3 Å². The summed E-state index contributed by atoms with van der Waals surface area (Å²) in [6, 6.07) is 7.46. The van der Waals surface area contributed by atoms with Crippen molar-refractivity contribution in [3.05, 3.63) is 36.2 Å². The fourth-order valence-electron chi connectivity index (χ4n) is 2.97. The summed E-state index contributed by atoms with van der Waals surface area (Å²) in [4.78, 5) is 37.0. The van der Waals surface area contributed by atoms with Crippen LogP contribution in [0.3, 0.4) is 0 Å². The maximum atomic E-state index is 12.3. The molecular weight excluding hydrogens is 358 g/mol. The van der Waals surface area contributed by atoms with Crippen LogP contribution in [0.1, 0.15) is 31.3 Å². The molecule has 1 saturated heterocycles. The van der Waals surface area contributed by atoms with Crippen molar-refractivity contribution in [2.45, 2.75) is 26.4 Å². The zero-order valence-electron chi connectivity index (χ0n) is 16.6. The van der Waals surface area contributed by atoms with Gasteiger partial charge in [-0.3, -0.25) is 14.7 Å². The predicted molar refractivity (Wildman–Crippen MR) is 106 cm³/mol. The second kappa shape index (κ2) is 8.52. The molecule has 8 heteroatoms. The molecule has 0 bridgehead atoms. The van der Waals surface area contributed by atoms with Crippen molar-refractivity contribution < 1.29 is 14.3 Å². The van der Waals surface area contributed by atoms with Crippen LogP contribution in [0.2, 0.25) is 0 Å². The average molecular weight is 385 g/mol. The zero-order valence-corrected chi connectivity index (χ0v) is 16.6. The van der Waals surface area contributed by atoms with Gasteiger partial charge in [0.2, 0.25) is 0 Å². The summed E-state index contributed by atoms with van der Waals surface area (Å²) in [7, 11) is 0. The molecule has 28 heavy (non-hydrogen) atoms. The molecule has 8 nitrogen and oxygen atoms in total. The number of carbonyl (C=O) groups excluding carboxylic acids is 2. The number of ether oxygens (including phenoxy) is 1. The molecule has 0 unspecified atom stereocenters. The first kappa shape index (κ1) is 20.0. The van der Waals surface area contributed by atoms with E-state index in [9.17, 15) is 9.59 Å². The molecule has 2 heterocycles. The molecule has 150 valence electrons. The Morgan fingerprint density at radius 2 is 1.79 bits per heavy atom. The van der Waals surface area contributed by atoms with Gasteiger partial charge in [-0.15, -0.1) is 0 Å². The Morgan fingerprint density at radius 1 is 1.11 bits per heavy atom.